The quantitative estimate of drug-likeness (QED) is 0.0261. The van der Waals surface area contributed by atoms with E-state index in [2.05, 4.69) is 30.7 Å². The molecule has 0 aliphatic carbocycles. The second-order valence-corrected chi connectivity index (χ2v) is 30.9. The minimum absolute atomic E-state index is 0. The Morgan fingerprint density at radius 1 is 0.269 bits per heavy atom. The number of nitrogens with zero attached hydrogens (tertiary/aromatic N) is 3. The number of hydrogen-bond acceptors (Lipinski definition) is 35. The van der Waals surface area contributed by atoms with Crippen molar-refractivity contribution in [2.24, 2.45) is 0 Å². The molecule has 24 N–H and O–H groups in total. The summed E-state index contributed by atoms with van der Waals surface area (Å²) >= 11 is 0. The van der Waals surface area contributed by atoms with Crippen LogP contribution in [0, 0.1) is 0 Å². The number of nitrogens with one attached hydrogen (secondary N) is 3. The average Bonchev–Trinajstić information content (AvgIpc) is 0.850. The maximum atomic E-state index is 11.7. The van der Waals surface area contributed by atoms with E-state index in [0.29, 0.717) is 143 Å². The van der Waals surface area contributed by atoms with E-state index in [0.717, 1.165) is 64.3 Å². The Kier molecular flexibility index (Phi) is 63.5. The zero-order chi connectivity index (χ0) is 84.7. The molecular formula is C81H166N6O32. The fraction of sp³-hybridized carbons (Fsp3) is 0.963. The van der Waals surface area contributed by atoms with Crippen LogP contribution >= 0.6 is 0 Å². The standard InChI is InChI=1S/C26H50N2O10.2C25H48N2O11.5CH4/c1-3-27-20(30)11-5-4-6-12-28(13-7-9-17-22(32)25(35)21(31)16(2)37-17)14-8-10-18-23(33)26(36)24(34)19(15-29)38-18;2*1-3-26-18(29)9-5-4-6-10-27(11-7-8-16-20(31)22(33)19(30)15(2)37-16)12-13-36-25-24(35)23(34)21(32)17(14-28)38-25;;;;;/h16-19,21-26,29,31-36H,3-15H2,1-2H3,(H,27,30);2*15-17,19-25,28,30-35H,3-14H2,1-2H3,(H,26,29);5*1H4/t16-,17-,18+,19+,21+,22+,23-,24+,25+,26+;2*15-,16-,17+,19+,20+,21+,22+,23-,24+,25+;;;;;/m000...../s1. The number of unbranched alkanes of at least 4 members (excludes halogenated alkanes) is 6. The van der Waals surface area contributed by atoms with E-state index >= 15 is 0 Å². The highest BCUT2D eigenvalue weighted by atomic mass is 16.7. The number of hydrogen-bond donors (Lipinski definition) is 24. The van der Waals surface area contributed by atoms with Crippen LogP contribution < -0.4 is 16.0 Å². The third kappa shape index (κ3) is 39.9. The van der Waals surface area contributed by atoms with Crippen molar-refractivity contribution in [2.75, 3.05) is 112 Å². The van der Waals surface area contributed by atoms with Crippen molar-refractivity contribution in [3.63, 3.8) is 0 Å². The number of ether oxygens (including phenoxy) is 8. The van der Waals surface area contributed by atoms with Crippen molar-refractivity contribution in [1.29, 1.82) is 0 Å². The molecule has 6 rings (SSSR count). The second-order valence-electron chi connectivity index (χ2n) is 30.9. The summed E-state index contributed by atoms with van der Waals surface area (Å²) in [7, 11) is 0. The molecule has 38 heteroatoms. The van der Waals surface area contributed by atoms with Gasteiger partial charge in [0.2, 0.25) is 17.7 Å². The van der Waals surface area contributed by atoms with E-state index in [1.807, 2.05) is 20.8 Å². The highest BCUT2D eigenvalue weighted by molar-refractivity contribution is 5.76. The average molecular weight is 1740 g/mol. The third-order valence-corrected chi connectivity index (χ3v) is 22.0. The van der Waals surface area contributed by atoms with Crippen LogP contribution in [0.15, 0.2) is 0 Å². The van der Waals surface area contributed by atoms with Gasteiger partial charge in [-0.3, -0.25) is 14.4 Å². The molecule has 0 radical (unpaired) electrons. The Morgan fingerprint density at radius 3 is 0.748 bits per heavy atom. The molecular weight excluding hydrogens is 1570 g/mol. The van der Waals surface area contributed by atoms with E-state index in [4.69, 9.17) is 37.9 Å². The molecule has 0 saturated carbocycles. The molecule has 3 amide bonds. The zero-order valence-electron chi connectivity index (χ0n) is 67.7. The van der Waals surface area contributed by atoms with Gasteiger partial charge < -0.3 is 176 Å². The molecule has 0 aromatic rings. The highest BCUT2D eigenvalue weighted by Gasteiger charge is 2.48. The Balaban J connectivity index is 0. The Bertz CT molecular complexity index is 2280. The van der Waals surface area contributed by atoms with Gasteiger partial charge in [0.05, 0.1) is 75.8 Å². The number of carbonyl (C=O) groups is 3. The summed E-state index contributed by atoms with van der Waals surface area (Å²) in [5, 5.41) is 218. The van der Waals surface area contributed by atoms with Crippen LogP contribution in [0.3, 0.4) is 0 Å². The molecule has 38 nitrogen and oxygen atoms in total. The highest BCUT2D eigenvalue weighted by Crippen LogP contribution is 2.30. The number of aliphatic hydroxyl groups excluding tert-OH is 21. The number of aliphatic hydroxyl groups is 21. The topological polar surface area (TPSA) is 596 Å². The molecule has 119 heavy (non-hydrogen) atoms. The SMILES string of the molecule is C.C.C.C.C.CCNC(=O)CCCCCN(CCC[C@@H]1O[C@@H](C)[C@@H](O)[C@@H](O)[C@@H]1O)CCC[C@H]1O[C@H](CO)[C@@H](O)[C@H](O)[C@H]1O.CCNC(=O)CCCCCN(CCC[C@@H]1O[C@@H](C)[C@@H](O)[C@@H](O)[C@@H]1O)CCO[C@@H]1O[C@H](CO)[C@@H](O)[C@H](O)[C@H]1O.CCNC(=O)CCCCCN(CCC[C@@H]1O[C@@H](C)[C@@H](O)[C@@H](O)[C@@H]1O)CCO[C@@H]1O[C@H](CO)[C@@H](O)[C@H](O)[C@H]1O. The fourth-order valence-corrected chi connectivity index (χ4v) is 14.9. The van der Waals surface area contributed by atoms with Gasteiger partial charge in [-0.2, -0.15) is 0 Å². The Hall–Kier alpha value is -2.87. The van der Waals surface area contributed by atoms with Gasteiger partial charge in [0.15, 0.2) is 12.6 Å². The minimum atomic E-state index is -1.51. The van der Waals surface area contributed by atoms with Crippen molar-refractivity contribution < 1.29 is 160 Å². The van der Waals surface area contributed by atoms with Crippen LogP contribution in [0.4, 0.5) is 0 Å². The van der Waals surface area contributed by atoms with E-state index < -0.39 is 203 Å². The molecule has 30 atom stereocenters. The number of carbonyl (C=O) groups excluding carboxylic acids is 3. The summed E-state index contributed by atoms with van der Waals surface area (Å²) in [5.74, 6) is 0.117. The Morgan fingerprint density at radius 2 is 0.487 bits per heavy atom. The van der Waals surface area contributed by atoms with Crippen molar-refractivity contribution in [3.8, 4) is 0 Å². The lowest BCUT2D eigenvalue weighted by atomic mass is 9.92. The summed E-state index contributed by atoms with van der Waals surface area (Å²) in [4.78, 5) is 41.5. The molecule has 712 valence electrons. The summed E-state index contributed by atoms with van der Waals surface area (Å²) in [6, 6.07) is 0. The monoisotopic (exact) mass is 1740 g/mol. The first-order chi connectivity index (χ1) is 54.3. The van der Waals surface area contributed by atoms with Crippen molar-refractivity contribution >= 4 is 17.7 Å². The fourth-order valence-electron chi connectivity index (χ4n) is 14.9. The van der Waals surface area contributed by atoms with Crippen LogP contribution in [0.2, 0.25) is 0 Å². The molecule has 6 fully saturated rings. The first-order valence-corrected chi connectivity index (χ1v) is 41.5. The molecule has 0 aromatic carbocycles. The van der Waals surface area contributed by atoms with Crippen LogP contribution in [0.1, 0.15) is 207 Å². The van der Waals surface area contributed by atoms with E-state index in [-0.39, 0.29) is 68.1 Å². The van der Waals surface area contributed by atoms with E-state index in [1.165, 1.54) is 0 Å². The molecule has 0 bridgehead atoms. The van der Waals surface area contributed by atoms with Crippen LogP contribution in [0.25, 0.3) is 0 Å². The van der Waals surface area contributed by atoms with Gasteiger partial charge in [0, 0.05) is 52.0 Å². The van der Waals surface area contributed by atoms with Crippen LogP contribution in [-0.4, -0.2) is 435 Å². The van der Waals surface area contributed by atoms with Crippen molar-refractivity contribution in [2.45, 2.75) is 391 Å². The summed E-state index contributed by atoms with van der Waals surface area (Å²) < 4.78 is 44.7. The van der Waals surface area contributed by atoms with Gasteiger partial charge in [-0.05, 0) is 177 Å². The normalized spacial score (nSPS) is 34.4. The first kappa shape index (κ1) is 118. The molecule has 6 aliphatic rings. The van der Waals surface area contributed by atoms with E-state index in [9.17, 15) is 122 Å². The van der Waals surface area contributed by atoms with Gasteiger partial charge in [-0.25, -0.2) is 0 Å². The zero-order valence-corrected chi connectivity index (χ0v) is 67.7. The maximum absolute atomic E-state index is 11.7. The van der Waals surface area contributed by atoms with E-state index in [1.54, 1.807) is 20.8 Å². The molecule has 6 heterocycles. The lowest BCUT2D eigenvalue weighted by Gasteiger charge is -2.40. The molecule has 6 saturated heterocycles. The largest absolute Gasteiger partial charge is 0.394 e. The summed E-state index contributed by atoms with van der Waals surface area (Å²) in [6.45, 7) is 16.9. The molecule has 0 spiro atoms. The van der Waals surface area contributed by atoms with Crippen LogP contribution in [0.5, 0.6) is 0 Å². The van der Waals surface area contributed by atoms with Gasteiger partial charge in [0.1, 0.15) is 128 Å². The van der Waals surface area contributed by atoms with Gasteiger partial charge in [-0.15, -0.1) is 0 Å². The van der Waals surface area contributed by atoms with Gasteiger partial charge >= 0.3 is 0 Å². The Labute approximate surface area is 707 Å². The first-order valence-electron chi connectivity index (χ1n) is 41.5. The summed E-state index contributed by atoms with van der Waals surface area (Å²) in [5.41, 5.74) is 0. The smallest absolute Gasteiger partial charge is 0.219 e. The molecule has 0 aromatic heterocycles. The van der Waals surface area contributed by atoms with Gasteiger partial charge in [-0.1, -0.05) is 56.4 Å². The second kappa shape index (κ2) is 64.0. The number of amides is 3. The van der Waals surface area contributed by atoms with Gasteiger partial charge in [0.25, 0.3) is 0 Å². The lowest BCUT2D eigenvalue weighted by molar-refractivity contribution is -0.301. The maximum Gasteiger partial charge on any atom is 0.219 e. The van der Waals surface area contributed by atoms with Crippen molar-refractivity contribution in [1.82, 2.24) is 30.7 Å². The predicted molar refractivity (Wildman–Crippen MR) is 442 cm³/mol. The van der Waals surface area contributed by atoms with Crippen molar-refractivity contribution in [3.05, 3.63) is 0 Å². The number of rotatable bonds is 48. The third-order valence-electron chi connectivity index (χ3n) is 22.0. The lowest BCUT2D eigenvalue weighted by Crippen LogP contribution is -2.59. The molecule has 6 aliphatic heterocycles. The minimum Gasteiger partial charge on any atom is -0.394 e. The molecule has 0 unspecified atom stereocenters. The predicted octanol–water partition coefficient (Wildman–Crippen LogP) is -3.66. The van der Waals surface area contributed by atoms with Crippen LogP contribution in [-0.2, 0) is 52.3 Å². The summed E-state index contributed by atoms with van der Waals surface area (Å²) in [6.07, 6.45) is -19.8.